The molecule has 1 heterocycles. The highest BCUT2D eigenvalue weighted by molar-refractivity contribution is 5.97. The Morgan fingerprint density at radius 2 is 1.78 bits per heavy atom. The molecule has 4 nitrogen and oxygen atoms in total. The fourth-order valence-corrected chi connectivity index (χ4v) is 3.37. The van der Waals surface area contributed by atoms with E-state index in [2.05, 4.69) is 28.7 Å². The Morgan fingerprint density at radius 1 is 1.04 bits per heavy atom. The zero-order valence-corrected chi connectivity index (χ0v) is 15.4. The third-order valence-electron chi connectivity index (χ3n) is 4.86. The second kappa shape index (κ2) is 8.95. The first-order valence-electron chi connectivity index (χ1n) is 9.14. The fraction of sp³-hybridized carbons (Fsp3) is 0.381. The molecule has 0 saturated carbocycles. The van der Waals surface area contributed by atoms with E-state index < -0.39 is 6.61 Å². The summed E-state index contributed by atoms with van der Waals surface area (Å²) in [5.74, 6) is -0.331. The topological polar surface area (TPSA) is 32.8 Å². The van der Waals surface area contributed by atoms with Gasteiger partial charge in [0.25, 0.3) is 5.91 Å². The Morgan fingerprint density at radius 3 is 2.56 bits per heavy atom. The Kier molecular flexibility index (Phi) is 6.40. The average Bonchev–Trinajstić information content (AvgIpc) is 2.89. The number of amides is 1. The van der Waals surface area contributed by atoms with Gasteiger partial charge in [-0.25, -0.2) is 0 Å². The monoisotopic (exact) mass is 374 g/mol. The zero-order chi connectivity index (χ0) is 19.2. The SMILES string of the molecule is Cc1ccccc1CN1CCCN(C(=O)c2ccccc2OC(F)F)CC1. The van der Waals surface area contributed by atoms with Gasteiger partial charge in [-0.2, -0.15) is 8.78 Å². The van der Waals surface area contributed by atoms with E-state index in [1.807, 2.05) is 12.1 Å². The van der Waals surface area contributed by atoms with Crippen LogP contribution in [-0.2, 0) is 6.54 Å². The third kappa shape index (κ3) is 5.04. The highest BCUT2D eigenvalue weighted by Crippen LogP contribution is 2.23. The summed E-state index contributed by atoms with van der Waals surface area (Å²) in [6.07, 6.45) is 0.843. The van der Waals surface area contributed by atoms with Crippen LogP contribution < -0.4 is 4.74 Å². The van der Waals surface area contributed by atoms with Crippen molar-refractivity contribution < 1.29 is 18.3 Å². The van der Waals surface area contributed by atoms with E-state index in [-0.39, 0.29) is 17.2 Å². The lowest BCUT2D eigenvalue weighted by Gasteiger charge is -2.23. The minimum absolute atomic E-state index is 0.0708. The molecule has 2 aromatic carbocycles. The lowest BCUT2D eigenvalue weighted by atomic mass is 10.1. The van der Waals surface area contributed by atoms with Crippen LogP contribution in [0.4, 0.5) is 8.78 Å². The molecule has 0 N–H and O–H groups in total. The normalized spacial score (nSPS) is 15.6. The van der Waals surface area contributed by atoms with Gasteiger partial charge >= 0.3 is 6.61 Å². The predicted molar refractivity (Wildman–Crippen MR) is 100 cm³/mol. The van der Waals surface area contributed by atoms with Crippen molar-refractivity contribution in [2.45, 2.75) is 26.5 Å². The van der Waals surface area contributed by atoms with Crippen LogP contribution >= 0.6 is 0 Å². The molecule has 6 heteroatoms. The number of nitrogens with zero attached hydrogens (tertiary/aromatic N) is 2. The maximum atomic E-state index is 12.9. The molecule has 0 aromatic heterocycles. The molecule has 1 aliphatic rings. The maximum Gasteiger partial charge on any atom is 0.387 e. The molecular formula is C21H24F2N2O2. The summed E-state index contributed by atoms with van der Waals surface area (Å²) >= 11 is 0. The van der Waals surface area contributed by atoms with Gasteiger partial charge in [-0.05, 0) is 36.6 Å². The van der Waals surface area contributed by atoms with E-state index in [4.69, 9.17) is 0 Å². The third-order valence-corrected chi connectivity index (χ3v) is 4.86. The average molecular weight is 374 g/mol. The van der Waals surface area contributed by atoms with E-state index in [0.717, 1.165) is 26.1 Å². The second-order valence-corrected chi connectivity index (χ2v) is 6.72. The minimum Gasteiger partial charge on any atom is -0.434 e. The number of para-hydroxylation sites is 1. The van der Waals surface area contributed by atoms with E-state index in [1.165, 1.54) is 23.3 Å². The first kappa shape index (κ1) is 19.3. The van der Waals surface area contributed by atoms with Crippen molar-refractivity contribution >= 4 is 5.91 Å². The Bertz CT molecular complexity index is 782. The van der Waals surface area contributed by atoms with Crippen LogP contribution in [0.15, 0.2) is 48.5 Å². The molecule has 144 valence electrons. The molecule has 0 radical (unpaired) electrons. The van der Waals surface area contributed by atoms with E-state index in [0.29, 0.717) is 13.1 Å². The number of benzene rings is 2. The quantitative estimate of drug-likeness (QED) is 0.795. The van der Waals surface area contributed by atoms with Gasteiger partial charge in [-0.3, -0.25) is 9.69 Å². The summed E-state index contributed by atoms with van der Waals surface area (Å²) in [5.41, 5.74) is 2.73. The Hall–Kier alpha value is -2.47. The van der Waals surface area contributed by atoms with Crippen LogP contribution in [0.3, 0.4) is 0 Å². The van der Waals surface area contributed by atoms with Gasteiger partial charge < -0.3 is 9.64 Å². The number of ether oxygens (including phenoxy) is 1. The van der Waals surface area contributed by atoms with Crippen LogP contribution in [0.5, 0.6) is 5.75 Å². The summed E-state index contributed by atoms with van der Waals surface area (Å²) in [5, 5.41) is 0. The number of halogens is 2. The van der Waals surface area contributed by atoms with E-state index in [1.54, 1.807) is 17.0 Å². The fourth-order valence-electron chi connectivity index (χ4n) is 3.37. The van der Waals surface area contributed by atoms with Gasteiger partial charge in [0.2, 0.25) is 0 Å². The zero-order valence-electron chi connectivity index (χ0n) is 15.4. The first-order chi connectivity index (χ1) is 13.0. The Labute approximate surface area is 158 Å². The van der Waals surface area contributed by atoms with Gasteiger partial charge in [-0.1, -0.05) is 36.4 Å². The van der Waals surface area contributed by atoms with Crippen molar-refractivity contribution in [3.8, 4) is 5.75 Å². The van der Waals surface area contributed by atoms with Crippen LogP contribution in [0, 0.1) is 6.92 Å². The molecule has 27 heavy (non-hydrogen) atoms. The molecular weight excluding hydrogens is 350 g/mol. The standard InChI is InChI=1S/C21H24F2N2O2/c1-16-7-2-3-8-17(16)15-24-11-6-12-25(14-13-24)20(26)18-9-4-5-10-19(18)27-21(22)23/h2-5,7-10,21H,6,11-15H2,1H3. The van der Waals surface area contributed by atoms with Crippen molar-refractivity contribution in [3.05, 3.63) is 65.2 Å². The molecule has 0 unspecified atom stereocenters. The minimum atomic E-state index is -2.95. The summed E-state index contributed by atoms with van der Waals surface area (Å²) in [6, 6.07) is 14.5. The van der Waals surface area contributed by atoms with Crippen LogP contribution in [0.1, 0.15) is 27.9 Å². The summed E-state index contributed by atoms with van der Waals surface area (Å²) in [6.45, 7) is 2.81. The van der Waals surface area contributed by atoms with Gasteiger partial charge in [0.05, 0.1) is 5.56 Å². The summed E-state index contributed by atoms with van der Waals surface area (Å²) in [4.78, 5) is 16.9. The number of hydrogen-bond acceptors (Lipinski definition) is 3. The van der Waals surface area contributed by atoms with Crippen LogP contribution in [-0.4, -0.2) is 48.5 Å². The molecule has 1 amide bonds. The molecule has 0 atom stereocenters. The number of rotatable bonds is 5. The molecule has 1 fully saturated rings. The van der Waals surface area contributed by atoms with Gasteiger partial charge in [0.15, 0.2) is 0 Å². The highest BCUT2D eigenvalue weighted by Gasteiger charge is 2.23. The molecule has 0 aliphatic carbocycles. The smallest absolute Gasteiger partial charge is 0.387 e. The molecule has 1 aliphatic heterocycles. The number of alkyl halides is 2. The number of aryl methyl sites for hydroxylation is 1. The van der Waals surface area contributed by atoms with Crippen LogP contribution in [0.25, 0.3) is 0 Å². The maximum absolute atomic E-state index is 12.9. The molecule has 0 bridgehead atoms. The lowest BCUT2D eigenvalue weighted by Crippen LogP contribution is -2.35. The number of carbonyl (C=O) groups excluding carboxylic acids is 1. The van der Waals surface area contributed by atoms with Crippen molar-refractivity contribution in [3.63, 3.8) is 0 Å². The summed E-state index contributed by atoms with van der Waals surface area (Å²) < 4.78 is 29.7. The predicted octanol–water partition coefficient (Wildman–Crippen LogP) is 3.94. The number of carbonyl (C=O) groups is 1. The lowest BCUT2D eigenvalue weighted by molar-refractivity contribution is -0.0502. The Balaban J connectivity index is 1.66. The van der Waals surface area contributed by atoms with Gasteiger partial charge in [0.1, 0.15) is 5.75 Å². The van der Waals surface area contributed by atoms with Crippen molar-refractivity contribution in [1.29, 1.82) is 0 Å². The van der Waals surface area contributed by atoms with Gasteiger partial charge in [0, 0.05) is 32.7 Å². The van der Waals surface area contributed by atoms with E-state index in [9.17, 15) is 13.6 Å². The largest absolute Gasteiger partial charge is 0.434 e. The van der Waals surface area contributed by atoms with Crippen molar-refractivity contribution in [1.82, 2.24) is 9.80 Å². The first-order valence-corrected chi connectivity index (χ1v) is 9.14. The molecule has 3 rings (SSSR count). The van der Waals surface area contributed by atoms with Crippen LogP contribution in [0.2, 0.25) is 0 Å². The number of hydrogen-bond donors (Lipinski definition) is 0. The molecule has 1 saturated heterocycles. The molecule has 0 spiro atoms. The van der Waals surface area contributed by atoms with Gasteiger partial charge in [-0.15, -0.1) is 0 Å². The van der Waals surface area contributed by atoms with Crippen molar-refractivity contribution in [2.24, 2.45) is 0 Å². The van der Waals surface area contributed by atoms with E-state index >= 15 is 0 Å². The summed E-state index contributed by atoms with van der Waals surface area (Å²) in [7, 11) is 0. The molecule has 2 aromatic rings. The second-order valence-electron chi connectivity index (χ2n) is 6.72. The van der Waals surface area contributed by atoms with Crippen molar-refractivity contribution in [2.75, 3.05) is 26.2 Å². The highest BCUT2D eigenvalue weighted by atomic mass is 19.3.